The van der Waals surface area contributed by atoms with Crippen molar-refractivity contribution in [3.8, 4) is 0 Å². The molecule has 4 nitrogen and oxygen atoms in total. The van der Waals surface area contributed by atoms with E-state index in [0.717, 1.165) is 12.3 Å². The van der Waals surface area contributed by atoms with E-state index in [1.165, 1.54) is 20.0 Å². The van der Waals surface area contributed by atoms with Crippen molar-refractivity contribution in [3.05, 3.63) is 23.7 Å². The summed E-state index contributed by atoms with van der Waals surface area (Å²) in [6.45, 7) is 7.65. The van der Waals surface area contributed by atoms with E-state index in [1.54, 1.807) is 6.07 Å². The second-order valence-corrected chi connectivity index (χ2v) is 5.69. The molecule has 0 radical (unpaired) electrons. The molecule has 1 saturated carbocycles. The van der Waals surface area contributed by atoms with Gasteiger partial charge in [-0.25, -0.2) is 4.79 Å². The number of furan rings is 1. The van der Waals surface area contributed by atoms with Gasteiger partial charge < -0.3 is 9.15 Å². The van der Waals surface area contributed by atoms with Crippen LogP contribution in [0.1, 0.15) is 56.0 Å². The molecule has 19 heavy (non-hydrogen) atoms. The van der Waals surface area contributed by atoms with Gasteiger partial charge in [-0.2, -0.15) is 0 Å². The van der Waals surface area contributed by atoms with Gasteiger partial charge in [-0.1, -0.05) is 13.8 Å². The van der Waals surface area contributed by atoms with Crippen LogP contribution in [0, 0.1) is 5.92 Å². The average molecular weight is 265 g/mol. The number of rotatable bonds is 6. The van der Waals surface area contributed by atoms with Crippen LogP contribution in [0.3, 0.4) is 0 Å². The number of carbonyl (C=O) groups is 1. The van der Waals surface area contributed by atoms with Crippen molar-refractivity contribution in [2.24, 2.45) is 5.92 Å². The summed E-state index contributed by atoms with van der Waals surface area (Å²) < 4.78 is 10.3. The van der Waals surface area contributed by atoms with Gasteiger partial charge >= 0.3 is 5.97 Å². The van der Waals surface area contributed by atoms with Gasteiger partial charge in [0.25, 0.3) is 0 Å². The fourth-order valence-corrected chi connectivity index (χ4v) is 2.40. The number of nitrogens with zero attached hydrogens (tertiary/aromatic N) is 1. The molecule has 0 spiro atoms. The Labute approximate surface area is 114 Å². The zero-order chi connectivity index (χ0) is 14.0. The van der Waals surface area contributed by atoms with E-state index in [4.69, 9.17) is 4.42 Å². The molecule has 1 fully saturated rings. The Bertz CT molecular complexity index is 434. The maximum atomic E-state index is 11.4. The number of hydrogen-bond donors (Lipinski definition) is 0. The summed E-state index contributed by atoms with van der Waals surface area (Å²) in [7, 11) is 1.36. The van der Waals surface area contributed by atoms with Crippen molar-refractivity contribution >= 4 is 5.97 Å². The highest BCUT2D eigenvalue weighted by Crippen LogP contribution is 2.35. The van der Waals surface area contributed by atoms with Gasteiger partial charge in [0.05, 0.1) is 13.2 Å². The molecule has 1 unspecified atom stereocenters. The number of ether oxygens (including phenoxy) is 1. The molecule has 0 saturated heterocycles. The minimum atomic E-state index is -0.416. The molecule has 0 aromatic carbocycles. The molecule has 1 aromatic rings. The van der Waals surface area contributed by atoms with Gasteiger partial charge in [-0.3, -0.25) is 4.90 Å². The Morgan fingerprint density at radius 2 is 2.11 bits per heavy atom. The third-order valence-corrected chi connectivity index (χ3v) is 3.51. The largest absolute Gasteiger partial charge is 0.463 e. The van der Waals surface area contributed by atoms with Gasteiger partial charge in [0.2, 0.25) is 5.76 Å². The van der Waals surface area contributed by atoms with Crippen LogP contribution in [0.5, 0.6) is 0 Å². The molecule has 1 aliphatic rings. The van der Waals surface area contributed by atoms with Crippen molar-refractivity contribution in [3.63, 3.8) is 0 Å². The zero-order valence-electron chi connectivity index (χ0n) is 12.2. The van der Waals surface area contributed by atoms with E-state index in [2.05, 4.69) is 30.4 Å². The Morgan fingerprint density at radius 1 is 1.42 bits per heavy atom. The fourth-order valence-electron chi connectivity index (χ4n) is 2.40. The molecular weight excluding hydrogens is 242 g/mol. The van der Waals surface area contributed by atoms with Gasteiger partial charge in [0.1, 0.15) is 5.76 Å². The fraction of sp³-hybridized carbons (Fsp3) is 0.667. The second kappa shape index (κ2) is 5.78. The topological polar surface area (TPSA) is 42.7 Å². The Kier molecular flexibility index (Phi) is 4.30. The van der Waals surface area contributed by atoms with Gasteiger partial charge in [0, 0.05) is 12.6 Å². The highest BCUT2D eigenvalue weighted by Gasteiger charge is 2.34. The molecule has 106 valence electrons. The summed E-state index contributed by atoms with van der Waals surface area (Å²) in [5, 5.41) is 0. The maximum Gasteiger partial charge on any atom is 0.373 e. The molecule has 1 atom stereocenters. The molecule has 2 rings (SSSR count). The quantitative estimate of drug-likeness (QED) is 0.740. The Balaban J connectivity index is 2.10. The molecular formula is C15H23NO3. The first-order valence-electron chi connectivity index (χ1n) is 6.96. The van der Waals surface area contributed by atoms with Crippen molar-refractivity contribution in [1.29, 1.82) is 0 Å². The van der Waals surface area contributed by atoms with Crippen molar-refractivity contribution in [1.82, 2.24) is 4.90 Å². The number of methoxy groups -OCH3 is 1. The molecule has 0 amide bonds. The number of carbonyl (C=O) groups excluding carboxylic acids is 1. The van der Waals surface area contributed by atoms with Crippen LogP contribution in [0.15, 0.2) is 16.5 Å². The van der Waals surface area contributed by atoms with E-state index < -0.39 is 5.97 Å². The first-order valence-corrected chi connectivity index (χ1v) is 6.96. The Morgan fingerprint density at radius 3 is 2.63 bits per heavy atom. The monoisotopic (exact) mass is 265 g/mol. The molecule has 1 heterocycles. The van der Waals surface area contributed by atoms with Crippen LogP contribution in [-0.4, -0.2) is 30.6 Å². The van der Waals surface area contributed by atoms with E-state index in [9.17, 15) is 4.79 Å². The molecule has 0 bridgehead atoms. The lowest BCUT2D eigenvalue weighted by Gasteiger charge is -2.29. The average Bonchev–Trinajstić information content (AvgIpc) is 3.10. The lowest BCUT2D eigenvalue weighted by atomic mass is 10.1. The van der Waals surface area contributed by atoms with Crippen LogP contribution in [0.2, 0.25) is 0 Å². The first kappa shape index (κ1) is 14.1. The van der Waals surface area contributed by atoms with Crippen LogP contribution in [-0.2, 0) is 4.74 Å². The predicted octanol–water partition coefficient (Wildman–Crippen LogP) is 3.25. The number of hydrogen-bond acceptors (Lipinski definition) is 4. The first-order chi connectivity index (χ1) is 9.02. The Hall–Kier alpha value is -1.29. The predicted molar refractivity (Wildman–Crippen MR) is 73.0 cm³/mol. The van der Waals surface area contributed by atoms with Gasteiger partial charge in [0.15, 0.2) is 0 Å². The van der Waals surface area contributed by atoms with Crippen LogP contribution >= 0.6 is 0 Å². The summed E-state index contributed by atoms with van der Waals surface area (Å²) >= 11 is 0. The van der Waals surface area contributed by atoms with E-state index in [-0.39, 0.29) is 11.8 Å². The van der Waals surface area contributed by atoms with Crippen molar-refractivity contribution < 1.29 is 13.9 Å². The summed E-state index contributed by atoms with van der Waals surface area (Å²) in [5.41, 5.74) is 0. The lowest BCUT2D eigenvalue weighted by molar-refractivity contribution is 0.0557. The normalized spacial score (nSPS) is 16.9. The third-order valence-electron chi connectivity index (χ3n) is 3.51. The second-order valence-electron chi connectivity index (χ2n) is 5.69. The smallest absolute Gasteiger partial charge is 0.373 e. The highest BCUT2D eigenvalue weighted by molar-refractivity contribution is 5.86. The minimum Gasteiger partial charge on any atom is -0.463 e. The standard InChI is InChI=1S/C15H23NO3/c1-10(2)9-16(12-5-6-12)11(3)13-7-8-14(19-13)15(17)18-4/h7-8,10-12H,5-6,9H2,1-4H3. The molecule has 0 aliphatic heterocycles. The zero-order valence-corrected chi connectivity index (χ0v) is 12.2. The van der Waals surface area contributed by atoms with Gasteiger partial charge in [-0.05, 0) is 37.8 Å². The summed E-state index contributed by atoms with van der Waals surface area (Å²) in [4.78, 5) is 13.9. The van der Waals surface area contributed by atoms with Crippen molar-refractivity contribution in [2.45, 2.75) is 45.7 Å². The molecule has 0 N–H and O–H groups in total. The highest BCUT2D eigenvalue weighted by atomic mass is 16.5. The summed E-state index contributed by atoms with van der Waals surface area (Å²) in [5.74, 6) is 1.33. The molecule has 1 aliphatic carbocycles. The third kappa shape index (κ3) is 3.38. The van der Waals surface area contributed by atoms with E-state index in [1.807, 2.05) is 6.07 Å². The lowest BCUT2D eigenvalue weighted by Crippen LogP contribution is -2.32. The minimum absolute atomic E-state index is 0.202. The summed E-state index contributed by atoms with van der Waals surface area (Å²) in [6, 6.07) is 4.45. The van der Waals surface area contributed by atoms with Crippen LogP contribution in [0.4, 0.5) is 0 Å². The SMILES string of the molecule is COC(=O)c1ccc(C(C)N(CC(C)C)C2CC2)o1. The van der Waals surface area contributed by atoms with E-state index in [0.29, 0.717) is 12.0 Å². The summed E-state index contributed by atoms with van der Waals surface area (Å²) in [6.07, 6.45) is 2.53. The molecule has 4 heteroatoms. The maximum absolute atomic E-state index is 11.4. The van der Waals surface area contributed by atoms with Crippen LogP contribution in [0.25, 0.3) is 0 Å². The van der Waals surface area contributed by atoms with E-state index >= 15 is 0 Å². The number of esters is 1. The van der Waals surface area contributed by atoms with Crippen LogP contribution < -0.4 is 0 Å². The van der Waals surface area contributed by atoms with Gasteiger partial charge in [-0.15, -0.1) is 0 Å². The van der Waals surface area contributed by atoms with Crippen molar-refractivity contribution in [2.75, 3.05) is 13.7 Å². The molecule has 1 aromatic heterocycles.